The lowest BCUT2D eigenvalue weighted by Gasteiger charge is -2.24. The Morgan fingerprint density at radius 3 is 2.71 bits per heavy atom. The molecule has 2 aromatic rings. The third-order valence-electron chi connectivity index (χ3n) is 3.39. The van der Waals surface area contributed by atoms with Crippen molar-refractivity contribution in [2.24, 2.45) is 0 Å². The molecule has 1 aliphatic heterocycles. The molecule has 1 amide bonds. The summed E-state index contributed by atoms with van der Waals surface area (Å²) in [6, 6.07) is 12.1. The predicted molar refractivity (Wildman–Crippen MR) is 79.0 cm³/mol. The SMILES string of the molecule is O=C(c1ccccc1F)N1CCSC1c1cccc(F)c1. The highest BCUT2D eigenvalue weighted by molar-refractivity contribution is 7.99. The normalized spacial score (nSPS) is 18.0. The summed E-state index contributed by atoms with van der Waals surface area (Å²) in [5, 5.41) is -0.271. The van der Waals surface area contributed by atoms with Crippen LogP contribution in [0.2, 0.25) is 0 Å². The van der Waals surface area contributed by atoms with Gasteiger partial charge >= 0.3 is 0 Å². The van der Waals surface area contributed by atoms with Crippen LogP contribution in [0.25, 0.3) is 0 Å². The van der Waals surface area contributed by atoms with Gasteiger partial charge in [-0.15, -0.1) is 11.8 Å². The van der Waals surface area contributed by atoms with Gasteiger partial charge in [0.15, 0.2) is 0 Å². The largest absolute Gasteiger partial charge is 0.322 e. The van der Waals surface area contributed by atoms with E-state index in [2.05, 4.69) is 0 Å². The van der Waals surface area contributed by atoms with E-state index >= 15 is 0 Å². The molecule has 1 aliphatic rings. The molecule has 0 saturated carbocycles. The van der Waals surface area contributed by atoms with Gasteiger partial charge in [0.05, 0.1) is 5.56 Å². The zero-order valence-corrected chi connectivity index (χ0v) is 11.9. The van der Waals surface area contributed by atoms with E-state index in [1.165, 1.54) is 24.3 Å². The number of hydrogen-bond donors (Lipinski definition) is 0. The lowest BCUT2D eigenvalue weighted by atomic mass is 10.1. The number of hydrogen-bond acceptors (Lipinski definition) is 2. The van der Waals surface area contributed by atoms with Gasteiger partial charge in [0, 0.05) is 12.3 Å². The maximum absolute atomic E-state index is 13.8. The molecule has 1 heterocycles. The summed E-state index contributed by atoms with van der Waals surface area (Å²) in [7, 11) is 0. The van der Waals surface area contributed by atoms with Crippen LogP contribution in [0.15, 0.2) is 48.5 Å². The quantitative estimate of drug-likeness (QED) is 0.840. The molecule has 0 radical (unpaired) electrons. The van der Waals surface area contributed by atoms with Crippen LogP contribution < -0.4 is 0 Å². The van der Waals surface area contributed by atoms with Crippen LogP contribution in [0.1, 0.15) is 21.3 Å². The Morgan fingerprint density at radius 1 is 1.14 bits per heavy atom. The van der Waals surface area contributed by atoms with Gasteiger partial charge < -0.3 is 4.90 Å². The third kappa shape index (κ3) is 2.78. The number of nitrogens with zero attached hydrogens (tertiary/aromatic N) is 1. The molecule has 108 valence electrons. The van der Waals surface area contributed by atoms with Crippen molar-refractivity contribution in [1.29, 1.82) is 0 Å². The Kier molecular flexibility index (Phi) is 3.92. The third-order valence-corrected chi connectivity index (χ3v) is 4.65. The van der Waals surface area contributed by atoms with Crippen LogP contribution in [0, 0.1) is 11.6 Å². The van der Waals surface area contributed by atoms with Gasteiger partial charge in [-0.1, -0.05) is 24.3 Å². The van der Waals surface area contributed by atoms with Crippen LogP contribution in [0.3, 0.4) is 0 Å². The van der Waals surface area contributed by atoms with Crippen molar-refractivity contribution < 1.29 is 13.6 Å². The molecule has 1 fully saturated rings. The fourth-order valence-electron chi connectivity index (χ4n) is 2.40. The van der Waals surface area contributed by atoms with Crippen molar-refractivity contribution in [3.63, 3.8) is 0 Å². The Morgan fingerprint density at radius 2 is 1.95 bits per heavy atom. The average Bonchev–Trinajstić information content (AvgIpc) is 2.96. The van der Waals surface area contributed by atoms with E-state index in [1.807, 2.05) is 0 Å². The summed E-state index contributed by atoms with van der Waals surface area (Å²) < 4.78 is 27.1. The molecule has 21 heavy (non-hydrogen) atoms. The maximum atomic E-state index is 13.8. The van der Waals surface area contributed by atoms with Gasteiger partial charge in [-0.3, -0.25) is 4.79 Å². The standard InChI is InChI=1S/C16H13F2NOS/c17-12-5-3-4-11(10-12)16-19(8-9-21-16)15(20)13-6-1-2-7-14(13)18/h1-7,10,16H,8-9H2. The first-order valence-electron chi connectivity index (χ1n) is 6.59. The minimum Gasteiger partial charge on any atom is -0.322 e. The smallest absolute Gasteiger partial charge is 0.258 e. The first kappa shape index (κ1) is 14.1. The van der Waals surface area contributed by atoms with E-state index in [4.69, 9.17) is 0 Å². The van der Waals surface area contributed by atoms with E-state index in [0.29, 0.717) is 6.54 Å². The van der Waals surface area contributed by atoms with Gasteiger partial charge in [-0.25, -0.2) is 8.78 Å². The zero-order chi connectivity index (χ0) is 14.8. The number of amides is 1. The van der Waals surface area contributed by atoms with E-state index in [0.717, 1.165) is 11.3 Å². The molecule has 0 aromatic heterocycles. The highest BCUT2D eigenvalue weighted by Gasteiger charge is 2.32. The zero-order valence-electron chi connectivity index (χ0n) is 11.1. The molecule has 0 bridgehead atoms. The molecular formula is C16H13F2NOS. The molecule has 3 rings (SSSR count). The van der Waals surface area contributed by atoms with E-state index in [-0.39, 0.29) is 22.7 Å². The minimum absolute atomic E-state index is 0.0569. The Balaban J connectivity index is 1.91. The van der Waals surface area contributed by atoms with Crippen molar-refractivity contribution in [1.82, 2.24) is 4.90 Å². The fraction of sp³-hybridized carbons (Fsp3) is 0.188. The summed E-state index contributed by atoms with van der Waals surface area (Å²) >= 11 is 1.56. The first-order chi connectivity index (χ1) is 10.2. The number of halogens is 2. The number of rotatable bonds is 2. The monoisotopic (exact) mass is 305 g/mol. The number of carbonyl (C=O) groups excluding carboxylic acids is 1. The number of benzene rings is 2. The van der Waals surface area contributed by atoms with Gasteiger partial charge in [0.1, 0.15) is 17.0 Å². The molecule has 2 nitrogen and oxygen atoms in total. The molecule has 0 spiro atoms. The second-order valence-electron chi connectivity index (χ2n) is 4.76. The van der Waals surface area contributed by atoms with Gasteiger partial charge in [-0.05, 0) is 29.8 Å². The van der Waals surface area contributed by atoms with Gasteiger partial charge in [-0.2, -0.15) is 0 Å². The van der Waals surface area contributed by atoms with Gasteiger partial charge in [0.25, 0.3) is 5.91 Å². The predicted octanol–water partition coefficient (Wildman–Crippen LogP) is 3.85. The second-order valence-corrected chi connectivity index (χ2v) is 5.94. The van der Waals surface area contributed by atoms with Crippen molar-refractivity contribution in [2.45, 2.75) is 5.37 Å². The molecule has 1 unspecified atom stereocenters. The second kappa shape index (κ2) is 5.85. The van der Waals surface area contributed by atoms with Crippen molar-refractivity contribution >= 4 is 17.7 Å². The highest BCUT2D eigenvalue weighted by atomic mass is 32.2. The van der Waals surface area contributed by atoms with Crippen LogP contribution in [0.4, 0.5) is 8.78 Å². The molecule has 1 atom stereocenters. The van der Waals surface area contributed by atoms with Crippen molar-refractivity contribution in [3.8, 4) is 0 Å². The lowest BCUT2D eigenvalue weighted by Crippen LogP contribution is -2.31. The van der Waals surface area contributed by atoms with Gasteiger partial charge in [0.2, 0.25) is 0 Å². The van der Waals surface area contributed by atoms with Crippen LogP contribution in [-0.4, -0.2) is 23.1 Å². The average molecular weight is 305 g/mol. The molecule has 5 heteroatoms. The highest BCUT2D eigenvalue weighted by Crippen LogP contribution is 2.39. The minimum atomic E-state index is -0.530. The summed E-state index contributed by atoms with van der Waals surface area (Å²) in [6.45, 7) is 0.527. The summed E-state index contributed by atoms with van der Waals surface area (Å²) in [5.41, 5.74) is 0.781. The van der Waals surface area contributed by atoms with Crippen molar-refractivity contribution in [3.05, 3.63) is 71.3 Å². The summed E-state index contributed by atoms with van der Waals surface area (Å²) in [5.74, 6) is -0.468. The topological polar surface area (TPSA) is 20.3 Å². The molecule has 0 aliphatic carbocycles. The number of thioether (sulfide) groups is 1. The Hall–Kier alpha value is -1.88. The van der Waals surface area contributed by atoms with E-state index < -0.39 is 5.82 Å². The Bertz CT molecular complexity index is 677. The van der Waals surface area contributed by atoms with Crippen molar-refractivity contribution in [2.75, 3.05) is 12.3 Å². The molecule has 2 aromatic carbocycles. The first-order valence-corrected chi connectivity index (χ1v) is 7.64. The summed E-state index contributed by atoms with van der Waals surface area (Å²) in [6.07, 6.45) is 0. The van der Waals surface area contributed by atoms with E-state index in [1.54, 1.807) is 40.9 Å². The lowest BCUT2D eigenvalue weighted by molar-refractivity contribution is 0.0755. The van der Waals surface area contributed by atoms with E-state index in [9.17, 15) is 13.6 Å². The number of carbonyl (C=O) groups is 1. The fourth-order valence-corrected chi connectivity index (χ4v) is 3.65. The molecule has 1 saturated heterocycles. The van der Waals surface area contributed by atoms with Crippen LogP contribution >= 0.6 is 11.8 Å². The Labute approximate surface area is 125 Å². The molecule has 0 N–H and O–H groups in total. The van der Waals surface area contributed by atoms with Crippen LogP contribution in [-0.2, 0) is 0 Å². The maximum Gasteiger partial charge on any atom is 0.258 e. The molecular weight excluding hydrogens is 292 g/mol. The summed E-state index contributed by atoms with van der Waals surface area (Å²) in [4.78, 5) is 14.1. The van der Waals surface area contributed by atoms with Crippen LogP contribution in [0.5, 0.6) is 0 Å².